The number of amides is 1. The van der Waals surface area contributed by atoms with Crippen LogP contribution in [0.4, 0.5) is 5.69 Å². The lowest BCUT2D eigenvalue weighted by Crippen LogP contribution is -2.39. The van der Waals surface area contributed by atoms with Crippen molar-refractivity contribution in [1.29, 1.82) is 0 Å². The van der Waals surface area contributed by atoms with Gasteiger partial charge in [-0.15, -0.1) is 24.8 Å². The summed E-state index contributed by atoms with van der Waals surface area (Å²) in [5, 5.41) is 0. The van der Waals surface area contributed by atoms with E-state index >= 15 is 0 Å². The van der Waals surface area contributed by atoms with Crippen LogP contribution in [0.15, 0.2) is 54.6 Å². The summed E-state index contributed by atoms with van der Waals surface area (Å²) in [7, 11) is 1.85. The first kappa shape index (κ1) is 25.2. The van der Waals surface area contributed by atoms with Crippen LogP contribution in [-0.4, -0.2) is 44.2 Å². The molecular weight excluding hydrogens is 409 g/mol. The van der Waals surface area contributed by atoms with Crippen molar-refractivity contribution in [1.82, 2.24) is 4.90 Å². The molecule has 0 aromatic heterocycles. The lowest BCUT2D eigenvalue weighted by molar-refractivity contribution is -0.134. The van der Waals surface area contributed by atoms with Crippen molar-refractivity contribution in [3.05, 3.63) is 65.7 Å². The van der Waals surface area contributed by atoms with Gasteiger partial charge in [-0.1, -0.05) is 55.5 Å². The first-order chi connectivity index (χ1) is 13.1. The maximum Gasteiger partial charge on any atom is 0.227 e. The number of anilines is 1. The highest BCUT2D eigenvalue weighted by atomic mass is 35.5. The second kappa shape index (κ2) is 12.0. The molecule has 1 fully saturated rings. The Morgan fingerprint density at radius 2 is 1.66 bits per heavy atom. The molecule has 0 radical (unpaired) electrons. The number of hydrogen-bond acceptors (Lipinski definition) is 4. The molecule has 2 aromatic rings. The van der Waals surface area contributed by atoms with Crippen LogP contribution < -0.4 is 10.6 Å². The average molecular weight is 440 g/mol. The van der Waals surface area contributed by atoms with E-state index in [0.29, 0.717) is 6.54 Å². The quantitative estimate of drug-likeness (QED) is 0.745. The van der Waals surface area contributed by atoms with Crippen LogP contribution in [0.3, 0.4) is 0 Å². The number of carbonyl (C=O) groups excluding carboxylic acids is 1. The van der Waals surface area contributed by atoms with Gasteiger partial charge in [0.25, 0.3) is 0 Å². The largest absolute Gasteiger partial charge is 0.378 e. The van der Waals surface area contributed by atoms with Crippen LogP contribution >= 0.6 is 24.8 Å². The highest BCUT2D eigenvalue weighted by molar-refractivity contribution is 5.85. The third-order valence-electron chi connectivity index (χ3n) is 5.24. The van der Waals surface area contributed by atoms with E-state index in [1.807, 2.05) is 56.4 Å². The fourth-order valence-electron chi connectivity index (χ4n) is 3.56. The lowest BCUT2D eigenvalue weighted by Gasteiger charge is -2.32. The minimum absolute atomic E-state index is 0. The maximum absolute atomic E-state index is 13.0. The summed E-state index contributed by atoms with van der Waals surface area (Å²) in [5.74, 6) is -0.226. The Balaban J connectivity index is 0.00000210. The molecule has 1 aliphatic rings. The highest BCUT2D eigenvalue weighted by Crippen LogP contribution is 2.25. The third-order valence-corrected chi connectivity index (χ3v) is 5.24. The molecule has 0 saturated carbocycles. The summed E-state index contributed by atoms with van der Waals surface area (Å²) in [6, 6.07) is 17.8. The summed E-state index contributed by atoms with van der Waals surface area (Å²) >= 11 is 0. The molecule has 29 heavy (non-hydrogen) atoms. The molecule has 0 spiro atoms. The van der Waals surface area contributed by atoms with Crippen LogP contribution in [0.1, 0.15) is 24.1 Å². The lowest BCUT2D eigenvalue weighted by atomic mass is 9.94. The molecule has 3 rings (SSSR count). The van der Waals surface area contributed by atoms with E-state index in [1.165, 1.54) is 5.69 Å². The van der Waals surface area contributed by atoms with Crippen molar-refractivity contribution in [2.75, 3.05) is 38.3 Å². The number of nitrogens with zero attached hydrogens (tertiary/aromatic N) is 2. The summed E-state index contributed by atoms with van der Waals surface area (Å²) in [4.78, 5) is 17.1. The van der Waals surface area contributed by atoms with Gasteiger partial charge in [0.1, 0.15) is 0 Å². The fraction of sp³-hybridized carbons (Fsp3) is 0.409. The smallest absolute Gasteiger partial charge is 0.227 e. The normalized spacial score (nSPS) is 15.5. The molecule has 2 N–H and O–H groups in total. The van der Waals surface area contributed by atoms with Gasteiger partial charge in [0, 0.05) is 38.4 Å². The van der Waals surface area contributed by atoms with E-state index in [0.717, 1.165) is 37.4 Å². The first-order valence-electron chi connectivity index (χ1n) is 9.54. The van der Waals surface area contributed by atoms with Gasteiger partial charge in [0.2, 0.25) is 5.91 Å². The number of para-hydroxylation sites is 1. The van der Waals surface area contributed by atoms with E-state index < -0.39 is 0 Å². The number of carbonyl (C=O) groups is 1. The molecule has 0 aliphatic carbocycles. The minimum Gasteiger partial charge on any atom is -0.378 e. The zero-order chi connectivity index (χ0) is 19.2. The van der Waals surface area contributed by atoms with Gasteiger partial charge in [-0.05, 0) is 17.2 Å². The van der Waals surface area contributed by atoms with Gasteiger partial charge in [0.15, 0.2) is 0 Å². The highest BCUT2D eigenvalue weighted by Gasteiger charge is 2.25. The van der Waals surface area contributed by atoms with Crippen molar-refractivity contribution < 1.29 is 9.53 Å². The van der Waals surface area contributed by atoms with E-state index in [4.69, 9.17) is 10.5 Å². The molecule has 0 bridgehead atoms. The molecule has 160 valence electrons. The Bertz CT molecular complexity index is 755. The van der Waals surface area contributed by atoms with Gasteiger partial charge in [-0.25, -0.2) is 0 Å². The fourth-order valence-corrected chi connectivity index (χ4v) is 3.56. The maximum atomic E-state index is 13.0. The van der Waals surface area contributed by atoms with Crippen LogP contribution in [0.5, 0.6) is 0 Å². The number of morpholine rings is 1. The Labute approximate surface area is 186 Å². The van der Waals surface area contributed by atoms with E-state index in [9.17, 15) is 4.79 Å². The molecule has 7 heteroatoms. The first-order valence-corrected chi connectivity index (χ1v) is 9.54. The van der Waals surface area contributed by atoms with Crippen LogP contribution in [-0.2, 0) is 16.1 Å². The predicted octanol–water partition coefficient (Wildman–Crippen LogP) is 3.66. The molecule has 2 unspecified atom stereocenters. The van der Waals surface area contributed by atoms with Crippen LogP contribution in [0, 0.1) is 5.92 Å². The van der Waals surface area contributed by atoms with Crippen molar-refractivity contribution in [3.8, 4) is 0 Å². The van der Waals surface area contributed by atoms with Crippen molar-refractivity contribution in [3.63, 3.8) is 0 Å². The number of ether oxygens (including phenoxy) is 1. The second-order valence-corrected chi connectivity index (χ2v) is 7.15. The van der Waals surface area contributed by atoms with E-state index in [1.54, 1.807) is 4.90 Å². The zero-order valence-electron chi connectivity index (χ0n) is 17.0. The Morgan fingerprint density at radius 1 is 1.07 bits per heavy atom. The Hall–Kier alpha value is -1.79. The van der Waals surface area contributed by atoms with Crippen LogP contribution in [0.25, 0.3) is 0 Å². The molecule has 5 nitrogen and oxygen atoms in total. The van der Waals surface area contributed by atoms with Crippen molar-refractivity contribution >= 4 is 36.4 Å². The number of nitrogens with two attached hydrogens (primary N) is 1. The van der Waals surface area contributed by atoms with Gasteiger partial charge in [-0.3, -0.25) is 4.79 Å². The molecule has 1 amide bonds. The van der Waals surface area contributed by atoms with Gasteiger partial charge >= 0.3 is 0 Å². The summed E-state index contributed by atoms with van der Waals surface area (Å²) in [6.07, 6.45) is 0. The molecular formula is C22H31Cl2N3O2. The van der Waals surface area contributed by atoms with Gasteiger partial charge < -0.3 is 20.3 Å². The van der Waals surface area contributed by atoms with Crippen molar-refractivity contribution in [2.24, 2.45) is 11.7 Å². The minimum atomic E-state index is -0.310. The summed E-state index contributed by atoms with van der Waals surface area (Å²) in [5.41, 5.74) is 9.66. The van der Waals surface area contributed by atoms with E-state index in [-0.39, 0.29) is 42.7 Å². The SMILES string of the molecule is CC(C(=O)N(C)Cc1ccccc1N1CCOCC1)C(N)c1ccccc1.Cl.Cl. The number of benzene rings is 2. The second-order valence-electron chi connectivity index (χ2n) is 7.15. The van der Waals surface area contributed by atoms with Gasteiger partial charge in [0.05, 0.1) is 19.1 Å². The zero-order valence-corrected chi connectivity index (χ0v) is 18.6. The molecule has 2 atom stereocenters. The average Bonchev–Trinajstić information content (AvgIpc) is 2.73. The van der Waals surface area contributed by atoms with E-state index in [2.05, 4.69) is 17.0 Å². The number of halogens is 2. The summed E-state index contributed by atoms with van der Waals surface area (Å²) < 4.78 is 5.46. The Kier molecular flexibility index (Phi) is 10.5. The standard InChI is InChI=1S/C22H29N3O2.2ClH/c1-17(21(23)18-8-4-3-5-9-18)22(26)24(2)16-19-10-6-7-11-20(19)25-12-14-27-15-13-25;;/h3-11,17,21H,12-16,23H2,1-2H3;2*1H. The third kappa shape index (κ3) is 6.34. The summed E-state index contributed by atoms with van der Waals surface area (Å²) in [6.45, 7) is 5.72. The number of hydrogen-bond donors (Lipinski definition) is 1. The van der Waals surface area contributed by atoms with Gasteiger partial charge in [-0.2, -0.15) is 0 Å². The molecule has 1 aliphatic heterocycles. The predicted molar refractivity (Wildman–Crippen MR) is 123 cm³/mol. The van der Waals surface area contributed by atoms with Crippen LogP contribution in [0.2, 0.25) is 0 Å². The molecule has 1 saturated heterocycles. The number of rotatable bonds is 6. The Morgan fingerprint density at radius 3 is 2.31 bits per heavy atom. The molecule has 2 aromatic carbocycles. The molecule has 1 heterocycles. The monoisotopic (exact) mass is 439 g/mol. The topological polar surface area (TPSA) is 58.8 Å². The van der Waals surface area contributed by atoms with Crippen molar-refractivity contribution in [2.45, 2.75) is 19.5 Å².